The van der Waals surface area contributed by atoms with Crippen LogP contribution < -0.4 is 5.32 Å². The molecule has 1 atom stereocenters. The van der Waals surface area contributed by atoms with E-state index in [-0.39, 0.29) is 34.7 Å². The third-order valence-corrected chi connectivity index (χ3v) is 5.79. The van der Waals surface area contributed by atoms with E-state index in [9.17, 15) is 18.0 Å². The molecule has 1 aliphatic heterocycles. The van der Waals surface area contributed by atoms with E-state index in [1.54, 1.807) is 17.0 Å². The van der Waals surface area contributed by atoms with E-state index in [1.165, 1.54) is 12.1 Å². The van der Waals surface area contributed by atoms with Gasteiger partial charge in [0.15, 0.2) is 9.84 Å². The van der Waals surface area contributed by atoms with Gasteiger partial charge in [0.25, 0.3) is 5.91 Å². The van der Waals surface area contributed by atoms with Crippen LogP contribution in [-0.4, -0.2) is 44.5 Å². The second-order valence-corrected chi connectivity index (χ2v) is 8.70. The van der Waals surface area contributed by atoms with Crippen molar-refractivity contribution in [2.24, 2.45) is 5.92 Å². The van der Waals surface area contributed by atoms with Crippen LogP contribution in [0.2, 0.25) is 0 Å². The van der Waals surface area contributed by atoms with Crippen LogP contribution in [0.15, 0.2) is 59.5 Å². The summed E-state index contributed by atoms with van der Waals surface area (Å²) < 4.78 is 24.0. The van der Waals surface area contributed by atoms with Gasteiger partial charge in [0.2, 0.25) is 5.91 Å². The average molecular weight is 386 g/mol. The van der Waals surface area contributed by atoms with E-state index >= 15 is 0 Å². The fourth-order valence-electron chi connectivity index (χ4n) is 3.28. The highest BCUT2D eigenvalue weighted by molar-refractivity contribution is 7.90. The quantitative estimate of drug-likeness (QED) is 0.875. The first kappa shape index (κ1) is 19.1. The van der Waals surface area contributed by atoms with Gasteiger partial charge in [-0.3, -0.25) is 9.59 Å². The van der Waals surface area contributed by atoms with Crippen molar-refractivity contribution in [3.8, 4) is 0 Å². The number of hydrogen-bond acceptors (Lipinski definition) is 4. The first-order chi connectivity index (χ1) is 12.9. The van der Waals surface area contributed by atoms with Gasteiger partial charge in [-0.15, -0.1) is 0 Å². The molecule has 0 radical (unpaired) electrons. The minimum absolute atomic E-state index is 0.0193. The molecule has 2 aromatic rings. The van der Waals surface area contributed by atoms with Crippen molar-refractivity contribution in [1.29, 1.82) is 0 Å². The van der Waals surface area contributed by atoms with Crippen molar-refractivity contribution in [2.75, 3.05) is 24.7 Å². The first-order valence-corrected chi connectivity index (χ1v) is 10.7. The van der Waals surface area contributed by atoms with Crippen LogP contribution in [-0.2, 0) is 14.6 Å². The van der Waals surface area contributed by atoms with E-state index < -0.39 is 9.84 Å². The molecule has 1 aliphatic rings. The molecule has 0 spiro atoms. The smallest absolute Gasteiger partial charge is 0.255 e. The zero-order chi connectivity index (χ0) is 19.4. The van der Waals surface area contributed by atoms with Gasteiger partial charge >= 0.3 is 0 Å². The number of likely N-dealkylation sites (tertiary alicyclic amines) is 1. The van der Waals surface area contributed by atoms with Crippen molar-refractivity contribution in [3.63, 3.8) is 0 Å². The molecule has 7 heteroatoms. The van der Waals surface area contributed by atoms with E-state index in [4.69, 9.17) is 0 Å². The molecular formula is C20H22N2O4S. The lowest BCUT2D eigenvalue weighted by molar-refractivity contribution is -0.121. The molecule has 1 saturated heterocycles. The number of nitrogens with one attached hydrogen (secondary N) is 1. The Balaban J connectivity index is 1.75. The summed E-state index contributed by atoms with van der Waals surface area (Å²) >= 11 is 0. The van der Waals surface area contributed by atoms with Gasteiger partial charge in [-0.2, -0.15) is 0 Å². The maximum atomic E-state index is 12.9. The Hall–Kier alpha value is -2.67. The van der Waals surface area contributed by atoms with Crippen LogP contribution in [0.25, 0.3) is 0 Å². The van der Waals surface area contributed by atoms with Crippen molar-refractivity contribution in [2.45, 2.75) is 17.7 Å². The molecule has 2 aromatic carbocycles. The van der Waals surface area contributed by atoms with Gasteiger partial charge in [0, 0.05) is 25.0 Å². The lowest BCUT2D eigenvalue weighted by Crippen LogP contribution is -2.44. The maximum absolute atomic E-state index is 12.9. The normalized spacial score (nSPS) is 17.4. The van der Waals surface area contributed by atoms with Gasteiger partial charge < -0.3 is 10.2 Å². The van der Waals surface area contributed by atoms with Crippen molar-refractivity contribution in [3.05, 3.63) is 60.2 Å². The Kier molecular flexibility index (Phi) is 5.60. The number of para-hydroxylation sites is 1. The molecule has 0 unspecified atom stereocenters. The minimum atomic E-state index is -3.51. The second kappa shape index (κ2) is 7.92. The Labute approximate surface area is 159 Å². The highest BCUT2D eigenvalue weighted by atomic mass is 32.2. The largest absolute Gasteiger partial charge is 0.338 e. The topological polar surface area (TPSA) is 83.6 Å². The van der Waals surface area contributed by atoms with Crippen LogP contribution in [0.1, 0.15) is 23.2 Å². The molecule has 6 nitrogen and oxygen atoms in total. The van der Waals surface area contributed by atoms with Gasteiger partial charge in [0.05, 0.1) is 16.4 Å². The number of hydrogen-bond donors (Lipinski definition) is 1. The summed E-state index contributed by atoms with van der Waals surface area (Å²) in [5.74, 6) is -0.809. The van der Waals surface area contributed by atoms with E-state index in [0.717, 1.165) is 6.26 Å². The molecule has 0 aromatic heterocycles. The number of anilines is 1. The molecule has 1 heterocycles. The third kappa shape index (κ3) is 4.54. The first-order valence-electron chi connectivity index (χ1n) is 8.80. The predicted octanol–water partition coefficient (Wildman–Crippen LogP) is 2.58. The summed E-state index contributed by atoms with van der Waals surface area (Å²) in [4.78, 5) is 27.1. The number of sulfone groups is 1. The molecule has 2 amide bonds. The molecular weight excluding hydrogens is 364 g/mol. The monoisotopic (exact) mass is 386 g/mol. The standard InChI is InChI=1S/C20H22N2O4S/c1-27(25,26)18-12-6-5-11-17(18)20(24)22-13-7-8-15(14-22)19(23)21-16-9-3-2-4-10-16/h2-6,9-12,15H,7-8,13-14H2,1H3,(H,21,23)/t15-/m1/s1. The average Bonchev–Trinajstić information content (AvgIpc) is 2.67. The molecule has 0 saturated carbocycles. The van der Waals surface area contributed by atoms with Gasteiger partial charge in [0.1, 0.15) is 0 Å². The van der Waals surface area contributed by atoms with Gasteiger partial charge in [-0.05, 0) is 37.1 Å². The zero-order valence-electron chi connectivity index (χ0n) is 15.1. The highest BCUT2D eigenvalue weighted by Crippen LogP contribution is 2.23. The number of carbonyl (C=O) groups excluding carboxylic acids is 2. The number of amides is 2. The van der Waals surface area contributed by atoms with Crippen LogP contribution in [0, 0.1) is 5.92 Å². The third-order valence-electron chi connectivity index (χ3n) is 4.64. The van der Waals surface area contributed by atoms with Crippen molar-refractivity contribution in [1.82, 2.24) is 4.90 Å². The Morgan fingerprint density at radius 2 is 1.70 bits per heavy atom. The van der Waals surface area contributed by atoms with E-state index in [1.807, 2.05) is 30.3 Å². The summed E-state index contributed by atoms with van der Waals surface area (Å²) in [6.07, 6.45) is 2.47. The lowest BCUT2D eigenvalue weighted by Gasteiger charge is -2.32. The SMILES string of the molecule is CS(=O)(=O)c1ccccc1C(=O)N1CCC[C@@H](C(=O)Nc2ccccc2)C1. The highest BCUT2D eigenvalue weighted by Gasteiger charge is 2.30. The fourth-order valence-corrected chi connectivity index (χ4v) is 4.16. The zero-order valence-corrected chi connectivity index (χ0v) is 15.9. The van der Waals surface area contributed by atoms with Crippen molar-refractivity contribution >= 4 is 27.3 Å². The second-order valence-electron chi connectivity index (χ2n) is 6.71. The van der Waals surface area contributed by atoms with Crippen molar-refractivity contribution < 1.29 is 18.0 Å². The summed E-state index contributed by atoms with van der Waals surface area (Å²) in [6.45, 7) is 0.779. The minimum Gasteiger partial charge on any atom is -0.338 e. The Morgan fingerprint density at radius 3 is 2.41 bits per heavy atom. The Morgan fingerprint density at radius 1 is 1.04 bits per heavy atom. The molecule has 1 N–H and O–H groups in total. The van der Waals surface area contributed by atoms with Gasteiger partial charge in [-0.1, -0.05) is 30.3 Å². The van der Waals surface area contributed by atoms with Crippen LogP contribution in [0.5, 0.6) is 0 Å². The van der Waals surface area contributed by atoms with Crippen LogP contribution in [0.3, 0.4) is 0 Å². The van der Waals surface area contributed by atoms with Crippen LogP contribution in [0.4, 0.5) is 5.69 Å². The Bertz CT molecular complexity index is 941. The molecule has 1 fully saturated rings. The number of rotatable bonds is 4. The number of piperidine rings is 1. The summed E-state index contributed by atoms with van der Waals surface area (Å²) in [5.41, 5.74) is 0.873. The summed E-state index contributed by atoms with van der Waals surface area (Å²) in [7, 11) is -3.51. The summed E-state index contributed by atoms with van der Waals surface area (Å²) in [6, 6.07) is 15.4. The number of nitrogens with zero attached hydrogens (tertiary/aromatic N) is 1. The van der Waals surface area contributed by atoms with E-state index in [0.29, 0.717) is 25.1 Å². The van der Waals surface area contributed by atoms with Crippen LogP contribution >= 0.6 is 0 Å². The van der Waals surface area contributed by atoms with E-state index in [2.05, 4.69) is 5.32 Å². The lowest BCUT2D eigenvalue weighted by atomic mass is 9.96. The fraction of sp³-hybridized carbons (Fsp3) is 0.300. The molecule has 142 valence electrons. The summed E-state index contributed by atoms with van der Waals surface area (Å²) in [5, 5.41) is 2.87. The molecule has 3 rings (SSSR count). The number of carbonyl (C=O) groups is 2. The molecule has 0 bridgehead atoms. The van der Waals surface area contributed by atoms with Gasteiger partial charge in [-0.25, -0.2) is 8.42 Å². The molecule has 0 aliphatic carbocycles. The number of benzene rings is 2. The maximum Gasteiger partial charge on any atom is 0.255 e. The predicted molar refractivity (Wildman–Crippen MR) is 103 cm³/mol. The molecule has 27 heavy (non-hydrogen) atoms.